The molecule has 0 N–H and O–H groups in total. The Hall–Kier alpha value is -1.20. The lowest BCUT2D eigenvalue weighted by molar-refractivity contribution is 0.122. The number of rotatable bonds is 3. The summed E-state index contributed by atoms with van der Waals surface area (Å²) in [5.41, 5.74) is 1.54. The number of aryl methyl sites for hydroxylation is 2. The Bertz CT molecular complexity index is 706. The number of ether oxygens (including phenoxy) is 1. The van der Waals surface area contributed by atoms with E-state index < -0.39 is 0 Å². The van der Waals surface area contributed by atoms with Gasteiger partial charge in [0.1, 0.15) is 16.5 Å². The molecule has 0 radical (unpaired) electrons. The molecule has 0 spiro atoms. The van der Waals surface area contributed by atoms with Crippen molar-refractivity contribution in [3.8, 4) is 0 Å². The fraction of sp³-hybridized carbons (Fsp3) is 0.667. The van der Waals surface area contributed by atoms with E-state index in [1.165, 1.54) is 47.3 Å². The van der Waals surface area contributed by atoms with E-state index in [2.05, 4.69) is 18.7 Å². The van der Waals surface area contributed by atoms with E-state index in [1.807, 2.05) is 11.3 Å². The van der Waals surface area contributed by atoms with E-state index >= 15 is 0 Å². The molecule has 0 aromatic carbocycles. The van der Waals surface area contributed by atoms with Gasteiger partial charge in [-0.05, 0) is 37.7 Å². The highest BCUT2D eigenvalue weighted by molar-refractivity contribution is 7.19. The fourth-order valence-electron chi connectivity index (χ4n) is 3.56. The first kappa shape index (κ1) is 15.3. The molecule has 1 atom stereocenters. The molecule has 1 fully saturated rings. The number of hydrogen-bond acceptors (Lipinski definition) is 5. The summed E-state index contributed by atoms with van der Waals surface area (Å²) in [5, 5.41) is 1.35. The van der Waals surface area contributed by atoms with E-state index in [0.717, 1.165) is 38.5 Å². The number of morpholine rings is 1. The van der Waals surface area contributed by atoms with Crippen LogP contribution in [-0.4, -0.2) is 36.3 Å². The number of aromatic nitrogens is 2. The molecule has 0 amide bonds. The molecule has 0 saturated carbocycles. The van der Waals surface area contributed by atoms with Gasteiger partial charge in [-0.1, -0.05) is 13.8 Å². The Morgan fingerprint density at radius 1 is 1.17 bits per heavy atom. The number of thiophene rings is 1. The maximum Gasteiger partial charge on any atom is 0.141 e. The van der Waals surface area contributed by atoms with Gasteiger partial charge in [0.05, 0.1) is 18.6 Å². The van der Waals surface area contributed by atoms with Crippen LogP contribution in [0.25, 0.3) is 10.2 Å². The van der Waals surface area contributed by atoms with E-state index in [-0.39, 0.29) is 0 Å². The van der Waals surface area contributed by atoms with Crippen LogP contribution >= 0.6 is 11.3 Å². The monoisotopic (exact) mass is 331 g/mol. The summed E-state index contributed by atoms with van der Waals surface area (Å²) in [4.78, 5) is 15.2. The van der Waals surface area contributed by atoms with Gasteiger partial charge in [-0.3, -0.25) is 0 Å². The largest absolute Gasteiger partial charge is 0.378 e. The van der Waals surface area contributed by atoms with Gasteiger partial charge in [-0.25, -0.2) is 9.97 Å². The van der Waals surface area contributed by atoms with Gasteiger partial charge in [0.15, 0.2) is 0 Å². The average Bonchev–Trinajstić information content (AvgIpc) is 2.99. The lowest BCUT2D eigenvalue weighted by Gasteiger charge is -2.29. The first-order valence-corrected chi connectivity index (χ1v) is 9.74. The molecule has 124 valence electrons. The Labute approximate surface area is 141 Å². The Morgan fingerprint density at radius 2 is 1.96 bits per heavy atom. The molecule has 2 aliphatic rings. The van der Waals surface area contributed by atoms with E-state index in [4.69, 9.17) is 14.7 Å². The zero-order valence-corrected chi connectivity index (χ0v) is 14.9. The van der Waals surface area contributed by atoms with Crippen molar-refractivity contribution < 1.29 is 4.74 Å². The molecule has 2 aromatic rings. The van der Waals surface area contributed by atoms with Crippen LogP contribution in [0.5, 0.6) is 0 Å². The van der Waals surface area contributed by atoms with E-state index in [1.54, 1.807) is 4.88 Å². The van der Waals surface area contributed by atoms with Crippen molar-refractivity contribution in [2.45, 2.75) is 51.9 Å². The van der Waals surface area contributed by atoms with Crippen molar-refractivity contribution >= 4 is 27.4 Å². The van der Waals surface area contributed by atoms with E-state index in [0.29, 0.717) is 5.92 Å². The van der Waals surface area contributed by atoms with Crippen LogP contribution in [0, 0.1) is 0 Å². The minimum atomic E-state index is 0.415. The number of anilines is 1. The lowest BCUT2D eigenvalue weighted by Crippen LogP contribution is -2.37. The van der Waals surface area contributed by atoms with Gasteiger partial charge in [0, 0.05) is 23.9 Å². The van der Waals surface area contributed by atoms with Crippen LogP contribution in [0.1, 0.15) is 55.3 Å². The summed E-state index contributed by atoms with van der Waals surface area (Å²) in [6.45, 7) is 7.93. The summed E-state index contributed by atoms with van der Waals surface area (Å²) in [7, 11) is 0. The zero-order chi connectivity index (χ0) is 15.8. The highest BCUT2D eigenvalue weighted by Crippen LogP contribution is 2.40. The second-order valence-electron chi connectivity index (χ2n) is 6.71. The van der Waals surface area contributed by atoms with Gasteiger partial charge in [-0.15, -0.1) is 11.3 Å². The molecule has 3 heterocycles. The highest BCUT2D eigenvalue weighted by atomic mass is 32.1. The fourth-order valence-corrected chi connectivity index (χ4v) is 4.82. The van der Waals surface area contributed by atoms with Crippen LogP contribution < -0.4 is 4.90 Å². The van der Waals surface area contributed by atoms with Crippen LogP contribution in [-0.2, 0) is 17.6 Å². The number of hydrogen-bond donors (Lipinski definition) is 0. The van der Waals surface area contributed by atoms with Crippen molar-refractivity contribution in [3.05, 3.63) is 16.3 Å². The van der Waals surface area contributed by atoms with Gasteiger partial charge in [-0.2, -0.15) is 0 Å². The van der Waals surface area contributed by atoms with Crippen LogP contribution in [0.15, 0.2) is 0 Å². The topological polar surface area (TPSA) is 38.2 Å². The third-order valence-electron chi connectivity index (χ3n) is 5.18. The smallest absolute Gasteiger partial charge is 0.141 e. The minimum Gasteiger partial charge on any atom is -0.378 e. The standard InChI is InChI=1S/C18H25N3OS/c1-3-12(2)16-19-17(21-8-10-22-11-9-21)15-13-6-4-5-7-14(13)23-18(15)20-16/h12H,3-11H2,1-2H3/t12-/m1/s1. The van der Waals surface area contributed by atoms with Crippen LogP contribution in [0.4, 0.5) is 5.82 Å². The third-order valence-corrected chi connectivity index (χ3v) is 6.36. The first-order chi connectivity index (χ1) is 11.3. The van der Waals surface area contributed by atoms with Gasteiger partial charge >= 0.3 is 0 Å². The van der Waals surface area contributed by atoms with Crippen molar-refractivity contribution in [1.82, 2.24) is 9.97 Å². The molecule has 4 nitrogen and oxygen atoms in total. The predicted octanol–water partition coefficient (Wildman–Crippen LogP) is 3.92. The molecule has 1 saturated heterocycles. The molecule has 1 aliphatic heterocycles. The van der Waals surface area contributed by atoms with Crippen molar-refractivity contribution in [3.63, 3.8) is 0 Å². The maximum absolute atomic E-state index is 5.54. The molecule has 1 aliphatic carbocycles. The summed E-state index contributed by atoms with van der Waals surface area (Å²) in [5.74, 6) is 2.60. The molecule has 5 heteroatoms. The van der Waals surface area contributed by atoms with Gasteiger partial charge in [0.2, 0.25) is 0 Å². The average molecular weight is 331 g/mol. The Morgan fingerprint density at radius 3 is 2.74 bits per heavy atom. The SMILES string of the molecule is CC[C@@H](C)c1nc(N2CCOCC2)c2c3c(sc2n1)CCCC3. The molecule has 0 unspecified atom stereocenters. The summed E-state index contributed by atoms with van der Waals surface area (Å²) in [6.07, 6.45) is 6.11. The number of fused-ring (bicyclic) bond motifs is 3. The second-order valence-corrected chi connectivity index (χ2v) is 7.79. The maximum atomic E-state index is 5.54. The van der Waals surface area contributed by atoms with Crippen molar-refractivity contribution in [2.24, 2.45) is 0 Å². The minimum absolute atomic E-state index is 0.415. The molecule has 2 aromatic heterocycles. The Kier molecular flexibility index (Phi) is 4.24. The molecular weight excluding hydrogens is 306 g/mol. The second kappa shape index (κ2) is 6.36. The summed E-state index contributed by atoms with van der Waals surface area (Å²) < 4.78 is 5.54. The van der Waals surface area contributed by atoms with Gasteiger partial charge in [0.25, 0.3) is 0 Å². The summed E-state index contributed by atoms with van der Waals surface area (Å²) >= 11 is 1.91. The molecule has 0 bridgehead atoms. The third kappa shape index (κ3) is 2.74. The lowest BCUT2D eigenvalue weighted by atomic mass is 9.96. The highest BCUT2D eigenvalue weighted by Gasteiger charge is 2.25. The molecule has 23 heavy (non-hydrogen) atoms. The molecule has 4 rings (SSSR count). The van der Waals surface area contributed by atoms with Crippen LogP contribution in [0.3, 0.4) is 0 Å². The molecular formula is C18H25N3OS. The first-order valence-electron chi connectivity index (χ1n) is 8.92. The zero-order valence-electron chi connectivity index (χ0n) is 14.1. The quantitative estimate of drug-likeness (QED) is 0.854. The van der Waals surface area contributed by atoms with Crippen LogP contribution in [0.2, 0.25) is 0 Å². The summed E-state index contributed by atoms with van der Waals surface area (Å²) in [6, 6.07) is 0. The van der Waals surface area contributed by atoms with Crippen molar-refractivity contribution in [1.29, 1.82) is 0 Å². The normalized spacial score (nSPS) is 19.8. The number of nitrogens with zero attached hydrogens (tertiary/aromatic N) is 3. The Balaban J connectivity index is 1.89. The van der Waals surface area contributed by atoms with Gasteiger partial charge < -0.3 is 9.64 Å². The van der Waals surface area contributed by atoms with E-state index in [9.17, 15) is 0 Å². The predicted molar refractivity (Wildman–Crippen MR) is 95.8 cm³/mol. The van der Waals surface area contributed by atoms with Crippen molar-refractivity contribution in [2.75, 3.05) is 31.2 Å².